The van der Waals surface area contributed by atoms with Gasteiger partial charge in [-0.1, -0.05) is 48.5 Å². The third-order valence-electron chi connectivity index (χ3n) is 4.25. The predicted molar refractivity (Wildman–Crippen MR) is 105 cm³/mol. The van der Waals surface area contributed by atoms with Crippen LogP contribution in [0.3, 0.4) is 0 Å². The topological polar surface area (TPSA) is 92.3 Å². The van der Waals surface area contributed by atoms with E-state index in [-0.39, 0.29) is 23.8 Å². The number of thioether (sulfide) groups is 1. The van der Waals surface area contributed by atoms with E-state index in [9.17, 15) is 18.0 Å². The summed E-state index contributed by atoms with van der Waals surface area (Å²) in [5.74, 6) is -1.62. The highest BCUT2D eigenvalue weighted by Crippen LogP contribution is 2.35. The molecule has 1 heterocycles. The van der Waals surface area contributed by atoms with Gasteiger partial charge in [0.1, 0.15) is 5.25 Å². The zero-order valence-electron chi connectivity index (χ0n) is 14.5. The van der Waals surface area contributed by atoms with Crippen LogP contribution in [0.15, 0.2) is 65.6 Å². The molecule has 2 aromatic rings. The molecule has 0 bridgehead atoms. The summed E-state index contributed by atoms with van der Waals surface area (Å²) in [4.78, 5) is 25.8. The Morgan fingerprint density at radius 1 is 0.963 bits per heavy atom. The fraction of sp³-hybridized carbons (Fsp3) is 0.263. The van der Waals surface area contributed by atoms with Crippen molar-refractivity contribution >= 4 is 33.4 Å². The van der Waals surface area contributed by atoms with Crippen LogP contribution in [0.2, 0.25) is 0 Å². The molecule has 2 amide bonds. The molecule has 1 fully saturated rings. The summed E-state index contributed by atoms with van der Waals surface area (Å²) >= 11 is 1.37. The Bertz CT molecular complexity index is 902. The lowest BCUT2D eigenvalue weighted by atomic mass is 10.1. The molecule has 0 saturated carbocycles. The van der Waals surface area contributed by atoms with E-state index in [1.807, 2.05) is 60.7 Å². The van der Waals surface area contributed by atoms with Gasteiger partial charge in [-0.3, -0.25) is 20.4 Å². The number of carbonyl (C=O) groups excluding carboxylic acids is 2. The average Bonchev–Trinajstić information content (AvgIpc) is 3.05. The standard InChI is InChI=1S/C19H20N2O4S2/c22-18(15-11-12-27(24,25)13-15)20-21-19(23)17(14-7-3-1-4-8-14)26-16-9-5-2-6-10-16/h1-10,15,17H,11-13H2,(H,20,22)(H,21,23)/t15-,17+/m1/s1. The summed E-state index contributed by atoms with van der Waals surface area (Å²) < 4.78 is 23.0. The predicted octanol–water partition coefficient (Wildman–Crippen LogP) is 2.10. The molecule has 8 heteroatoms. The summed E-state index contributed by atoms with van der Waals surface area (Å²) in [6.45, 7) is 0. The van der Waals surface area contributed by atoms with E-state index < -0.39 is 26.9 Å². The van der Waals surface area contributed by atoms with Crippen LogP contribution >= 0.6 is 11.8 Å². The molecule has 1 aliphatic rings. The molecule has 2 aromatic carbocycles. The zero-order chi connectivity index (χ0) is 19.3. The van der Waals surface area contributed by atoms with Crippen molar-refractivity contribution in [3.8, 4) is 0 Å². The fourth-order valence-corrected chi connectivity index (χ4v) is 5.62. The second kappa shape index (κ2) is 8.58. The molecular formula is C19H20N2O4S2. The van der Waals surface area contributed by atoms with Gasteiger partial charge in [-0.2, -0.15) is 0 Å². The van der Waals surface area contributed by atoms with Gasteiger partial charge in [0.2, 0.25) is 5.91 Å². The Balaban J connectivity index is 1.67. The number of nitrogens with one attached hydrogen (secondary N) is 2. The first-order valence-corrected chi connectivity index (χ1v) is 11.2. The number of amides is 2. The minimum Gasteiger partial charge on any atom is -0.273 e. The van der Waals surface area contributed by atoms with Gasteiger partial charge in [-0.25, -0.2) is 8.42 Å². The van der Waals surface area contributed by atoms with Gasteiger partial charge in [-0.05, 0) is 24.1 Å². The van der Waals surface area contributed by atoms with E-state index in [4.69, 9.17) is 0 Å². The molecule has 142 valence electrons. The molecule has 1 aliphatic heterocycles. The van der Waals surface area contributed by atoms with Crippen LogP contribution in [0.5, 0.6) is 0 Å². The first-order chi connectivity index (χ1) is 12.9. The Labute approximate surface area is 162 Å². The molecule has 0 aliphatic carbocycles. The molecule has 3 rings (SSSR count). The van der Waals surface area contributed by atoms with Crippen LogP contribution in [-0.4, -0.2) is 31.7 Å². The molecule has 1 saturated heterocycles. The van der Waals surface area contributed by atoms with E-state index in [1.165, 1.54) is 11.8 Å². The van der Waals surface area contributed by atoms with Gasteiger partial charge in [0.15, 0.2) is 9.84 Å². The van der Waals surface area contributed by atoms with E-state index in [0.29, 0.717) is 0 Å². The van der Waals surface area contributed by atoms with Crippen molar-refractivity contribution in [2.75, 3.05) is 11.5 Å². The van der Waals surface area contributed by atoms with Gasteiger partial charge in [0.25, 0.3) is 5.91 Å². The Hall–Kier alpha value is -2.32. The summed E-state index contributed by atoms with van der Waals surface area (Å²) in [7, 11) is -3.16. The lowest BCUT2D eigenvalue weighted by molar-refractivity contribution is -0.130. The number of carbonyl (C=O) groups is 2. The van der Waals surface area contributed by atoms with Gasteiger partial charge < -0.3 is 0 Å². The Morgan fingerprint density at radius 2 is 1.59 bits per heavy atom. The van der Waals surface area contributed by atoms with E-state index in [1.54, 1.807) is 0 Å². The van der Waals surface area contributed by atoms with Crippen molar-refractivity contribution in [3.05, 3.63) is 66.2 Å². The van der Waals surface area contributed by atoms with Crippen LogP contribution in [-0.2, 0) is 19.4 Å². The van der Waals surface area contributed by atoms with Gasteiger partial charge in [-0.15, -0.1) is 11.8 Å². The van der Waals surface area contributed by atoms with Crippen molar-refractivity contribution in [1.82, 2.24) is 10.9 Å². The van der Waals surface area contributed by atoms with Crippen molar-refractivity contribution in [1.29, 1.82) is 0 Å². The fourth-order valence-electron chi connectivity index (χ4n) is 2.83. The largest absolute Gasteiger partial charge is 0.273 e. The Kier molecular flexibility index (Phi) is 6.18. The molecule has 0 spiro atoms. The van der Waals surface area contributed by atoms with Crippen molar-refractivity contribution in [3.63, 3.8) is 0 Å². The monoisotopic (exact) mass is 404 g/mol. The second-order valence-corrected chi connectivity index (χ2v) is 9.71. The summed E-state index contributed by atoms with van der Waals surface area (Å²) in [6.07, 6.45) is 0.283. The lowest BCUT2D eigenvalue weighted by Gasteiger charge is -2.18. The first kappa shape index (κ1) is 19.4. The first-order valence-electron chi connectivity index (χ1n) is 8.51. The third-order valence-corrected chi connectivity index (χ3v) is 7.28. The molecule has 2 N–H and O–H groups in total. The van der Waals surface area contributed by atoms with Gasteiger partial charge in [0.05, 0.1) is 17.4 Å². The summed E-state index contributed by atoms with van der Waals surface area (Å²) in [5.41, 5.74) is 5.64. The highest BCUT2D eigenvalue weighted by molar-refractivity contribution is 8.00. The molecular weight excluding hydrogens is 384 g/mol. The van der Waals surface area contributed by atoms with Crippen LogP contribution < -0.4 is 10.9 Å². The van der Waals surface area contributed by atoms with Crippen LogP contribution in [0.25, 0.3) is 0 Å². The minimum atomic E-state index is -3.16. The van der Waals surface area contributed by atoms with Gasteiger partial charge >= 0.3 is 0 Å². The highest BCUT2D eigenvalue weighted by atomic mass is 32.2. The quantitative estimate of drug-likeness (QED) is 0.588. The van der Waals surface area contributed by atoms with Crippen LogP contribution in [0.1, 0.15) is 17.2 Å². The maximum absolute atomic E-state index is 12.7. The number of benzene rings is 2. The Morgan fingerprint density at radius 3 is 2.19 bits per heavy atom. The van der Waals surface area contributed by atoms with Gasteiger partial charge in [0, 0.05) is 4.90 Å². The maximum atomic E-state index is 12.7. The molecule has 27 heavy (non-hydrogen) atoms. The smallest absolute Gasteiger partial charge is 0.256 e. The molecule has 2 atom stereocenters. The van der Waals surface area contributed by atoms with Crippen molar-refractivity contribution in [2.45, 2.75) is 16.6 Å². The number of hydrogen-bond acceptors (Lipinski definition) is 5. The average molecular weight is 405 g/mol. The number of hydrazine groups is 1. The lowest BCUT2D eigenvalue weighted by Crippen LogP contribution is -2.46. The zero-order valence-corrected chi connectivity index (χ0v) is 16.1. The van der Waals surface area contributed by atoms with E-state index >= 15 is 0 Å². The summed E-state index contributed by atoms with van der Waals surface area (Å²) in [5, 5.41) is -0.554. The van der Waals surface area contributed by atoms with Crippen molar-refractivity contribution < 1.29 is 18.0 Å². The van der Waals surface area contributed by atoms with Crippen molar-refractivity contribution in [2.24, 2.45) is 5.92 Å². The third kappa shape index (κ3) is 5.33. The van der Waals surface area contributed by atoms with E-state index in [0.717, 1.165) is 10.5 Å². The van der Waals surface area contributed by atoms with Crippen LogP contribution in [0, 0.1) is 5.92 Å². The number of sulfone groups is 1. The SMILES string of the molecule is O=C(NNC(=O)[C@@H](Sc1ccccc1)c1ccccc1)[C@@H]1CCS(=O)(=O)C1. The molecule has 0 unspecified atom stereocenters. The molecule has 6 nitrogen and oxygen atoms in total. The van der Waals surface area contributed by atoms with Crippen LogP contribution in [0.4, 0.5) is 0 Å². The summed E-state index contributed by atoms with van der Waals surface area (Å²) in [6, 6.07) is 18.8. The highest BCUT2D eigenvalue weighted by Gasteiger charge is 2.33. The number of rotatable bonds is 5. The number of hydrogen-bond donors (Lipinski definition) is 2. The molecule has 0 aromatic heterocycles. The maximum Gasteiger partial charge on any atom is 0.256 e. The van der Waals surface area contributed by atoms with E-state index in [2.05, 4.69) is 10.9 Å². The molecule has 0 radical (unpaired) electrons. The normalized spacial score (nSPS) is 19.2. The minimum absolute atomic E-state index is 0.00946. The second-order valence-electron chi connectivity index (χ2n) is 6.30.